The van der Waals surface area contributed by atoms with Crippen molar-refractivity contribution >= 4 is 34.7 Å². The van der Waals surface area contributed by atoms with Gasteiger partial charge >= 0.3 is 5.97 Å². The van der Waals surface area contributed by atoms with Gasteiger partial charge in [0.25, 0.3) is 0 Å². The van der Waals surface area contributed by atoms with Crippen LogP contribution in [0.4, 0.5) is 11.5 Å². The molecule has 7 nitrogen and oxygen atoms in total. The molecule has 3 aromatic rings. The SMILES string of the molecule is CC(C)c1nc2ccc(Cl)cn2c1N=Nc1ccc(O)c(C(=O)O)c1. The van der Waals surface area contributed by atoms with E-state index in [1.54, 1.807) is 22.7 Å². The normalized spacial score (nSPS) is 11.7. The molecule has 0 aliphatic rings. The predicted molar refractivity (Wildman–Crippen MR) is 93.5 cm³/mol. The molecular weight excluding hydrogens is 344 g/mol. The van der Waals surface area contributed by atoms with E-state index in [2.05, 4.69) is 15.2 Å². The number of aromatic nitrogens is 2. The van der Waals surface area contributed by atoms with Gasteiger partial charge in [-0.3, -0.25) is 4.40 Å². The van der Waals surface area contributed by atoms with Crippen molar-refractivity contribution in [3.05, 3.63) is 52.8 Å². The lowest BCUT2D eigenvalue weighted by Crippen LogP contribution is -1.95. The average molecular weight is 359 g/mol. The molecule has 1 aromatic carbocycles. The number of rotatable bonds is 4. The molecule has 0 atom stereocenters. The fourth-order valence-electron chi connectivity index (χ4n) is 2.37. The first-order chi connectivity index (χ1) is 11.9. The smallest absolute Gasteiger partial charge is 0.339 e. The molecule has 0 radical (unpaired) electrons. The van der Waals surface area contributed by atoms with E-state index in [0.717, 1.165) is 5.69 Å². The third-order valence-electron chi connectivity index (χ3n) is 3.60. The highest BCUT2D eigenvalue weighted by molar-refractivity contribution is 6.30. The zero-order valence-corrected chi connectivity index (χ0v) is 14.3. The summed E-state index contributed by atoms with van der Waals surface area (Å²) in [5.74, 6) is -0.922. The second-order valence-electron chi connectivity index (χ2n) is 5.76. The van der Waals surface area contributed by atoms with Crippen LogP contribution in [0.5, 0.6) is 5.75 Å². The van der Waals surface area contributed by atoms with Crippen molar-refractivity contribution in [3.8, 4) is 5.75 Å². The van der Waals surface area contributed by atoms with Crippen LogP contribution in [-0.2, 0) is 0 Å². The molecule has 3 rings (SSSR count). The van der Waals surface area contributed by atoms with E-state index in [1.807, 2.05) is 13.8 Å². The molecule has 0 spiro atoms. The number of nitrogens with zero attached hydrogens (tertiary/aromatic N) is 4. The lowest BCUT2D eigenvalue weighted by atomic mass is 10.1. The van der Waals surface area contributed by atoms with Gasteiger partial charge in [0.15, 0.2) is 5.82 Å². The summed E-state index contributed by atoms with van der Waals surface area (Å²) in [6.45, 7) is 3.98. The van der Waals surface area contributed by atoms with Crippen molar-refractivity contribution in [2.45, 2.75) is 19.8 Å². The summed E-state index contributed by atoms with van der Waals surface area (Å²) in [6.07, 6.45) is 1.70. The molecule has 128 valence electrons. The van der Waals surface area contributed by atoms with Gasteiger partial charge in [0.05, 0.1) is 16.4 Å². The van der Waals surface area contributed by atoms with E-state index in [1.165, 1.54) is 18.2 Å². The molecule has 0 aliphatic heterocycles. The van der Waals surface area contributed by atoms with Crippen molar-refractivity contribution in [1.29, 1.82) is 0 Å². The molecule has 8 heteroatoms. The molecule has 2 heterocycles. The molecule has 2 N–H and O–H groups in total. The van der Waals surface area contributed by atoms with Gasteiger partial charge in [0.2, 0.25) is 0 Å². The summed E-state index contributed by atoms with van der Waals surface area (Å²) < 4.78 is 1.74. The second-order valence-corrected chi connectivity index (χ2v) is 6.19. The summed E-state index contributed by atoms with van der Waals surface area (Å²) >= 11 is 6.06. The fourth-order valence-corrected chi connectivity index (χ4v) is 2.53. The van der Waals surface area contributed by atoms with E-state index in [-0.39, 0.29) is 17.2 Å². The number of carboxylic acid groups (broad SMARTS) is 1. The van der Waals surface area contributed by atoms with Gasteiger partial charge in [-0.05, 0) is 36.2 Å². The zero-order chi connectivity index (χ0) is 18.1. The molecule has 0 saturated heterocycles. The summed E-state index contributed by atoms with van der Waals surface area (Å²) in [4.78, 5) is 15.6. The van der Waals surface area contributed by atoms with Crippen molar-refractivity contribution < 1.29 is 15.0 Å². The maximum Gasteiger partial charge on any atom is 0.339 e. The summed E-state index contributed by atoms with van der Waals surface area (Å²) in [5, 5.41) is 27.5. The van der Waals surface area contributed by atoms with Gasteiger partial charge < -0.3 is 10.2 Å². The Balaban J connectivity index is 2.09. The topological polar surface area (TPSA) is 99.5 Å². The number of hydrogen-bond donors (Lipinski definition) is 2. The Kier molecular flexibility index (Phi) is 4.41. The van der Waals surface area contributed by atoms with Crippen LogP contribution in [0, 0.1) is 0 Å². The van der Waals surface area contributed by atoms with Crippen LogP contribution in [0.1, 0.15) is 35.8 Å². The third-order valence-corrected chi connectivity index (χ3v) is 3.82. The van der Waals surface area contributed by atoms with Gasteiger partial charge in [0, 0.05) is 6.20 Å². The number of hydrogen-bond acceptors (Lipinski definition) is 5. The molecule has 2 aromatic heterocycles. The van der Waals surface area contributed by atoms with Gasteiger partial charge in [0.1, 0.15) is 17.0 Å². The first-order valence-electron chi connectivity index (χ1n) is 7.52. The number of aromatic hydroxyl groups is 1. The number of carbonyl (C=O) groups is 1. The highest BCUT2D eigenvalue weighted by Gasteiger charge is 2.16. The number of aromatic carboxylic acids is 1. The minimum atomic E-state index is -1.24. The van der Waals surface area contributed by atoms with Crippen molar-refractivity contribution in [2.24, 2.45) is 10.2 Å². The van der Waals surface area contributed by atoms with E-state index < -0.39 is 5.97 Å². The van der Waals surface area contributed by atoms with E-state index in [4.69, 9.17) is 16.7 Å². The summed E-state index contributed by atoms with van der Waals surface area (Å²) in [6, 6.07) is 7.54. The average Bonchev–Trinajstić information content (AvgIpc) is 2.92. The summed E-state index contributed by atoms with van der Waals surface area (Å²) in [7, 11) is 0. The number of imidazole rings is 1. The lowest BCUT2D eigenvalue weighted by molar-refractivity contribution is 0.0694. The number of azo groups is 1. The van der Waals surface area contributed by atoms with Crippen molar-refractivity contribution in [1.82, 2.24) is 9.38 Å². The Hall–Kier alpha value is -2.93. The largest absolute Gasteiger partial charge is 0.507 e. The Bertz CT molecular complexity index is 995. The van der Waals surface area contributed by atoms with Crippen LogP contribution in [0.2, 0.25) is 5.02 Å². The molecule has 0 bridgehead atoms. The molecule has 0 fully saturated rings. The highest BCUT2D eigenvalue weighted by Crippen LogP contribution is 2.31. The lowest BCUT2D eigenvalue weighted by Gasteiger charge is -2.03. The van der Waals surface area contributed by atoms with Gasteiger partial charge in [-0.15, -0.1) is 10.2 Å². The highest BCUT2D eigenvalue weighted by atomic mass is 35.5. The van der Waals surface area contributed by atoms with Gasteiger partial charge in [-0.25, -0.2) is 9.78 Å². The number of halogens is 1. The monoisotopic (exact) mass is 358 g/mol. The van der Waals surface area contributed by atoms with E-state index >= 15 is 0 Å². The number of fused-ring (bicyclic) bond motifs is 1. The van der Waals surface area contributed by atoms with Gasteiger partial charge in [-0.1, -0.05) is 25.4 Å². The number of pyridine rings is 1. The zero-order valence-electron chi connectivity index (χ0n) is 13.5. The Morgan fingerprint density at radius 2 is 2.00 bits per heavy atom. The van der Waals surface area contributed by atoms with Crippen molar-refractivity contribution in [3.63, 3.8) is 0 Å². The van der Waals surface area contributed by atoms with E-state index in [9.17, 15) is 9.90 Å². The standard InChI is InChI=1S/C17H15ClN4O3/c1-9(2)15-16(22-8-10(18)3-6-14(22)19-15)21-20-11-4-5-13(23)12(7-11)17(24)25/h3-9,23H,1-2H3,(H,24,25). The molecule has 0 unspecified atom stereocenters. The van der Waals surface area contributed by atoms with E-state index in [0.29, 0.717) is 22.2 Å². The number of benzene rings is 1. The summed E-state index contributed by atoms with van der Waals surface area (Å²) in [5.41, 5.74) is 1.52. The minimum Gasteiger partial charge on any atom is -0.507 e. The molecule has 0 saturated carbocycles. The Labute approximate surface area is 148 Å². The minimum absolute atomic E-state index is 0.113. The van der Waals surface area contributed by atoms with Gasteiger partial charge in [-0.2, -0.15) is 0 Å². The van der Waals surface area contributed by atoms with Crippen LogP contribution in [0.15, 0.2) is 46.8 Å². The molecule has 0 aliphatic carbocycles. The van der Waals surface area contributed by atoms with Crippen LogP contribution in [0.25, 0.3) is 5.65 Å². The maximum atomic E-state index is 11.1. The van der Waals surface area contributed by atoms with Crippen LogP contribution < -0.4 is 0 Å². The van der Waals surface area contributed by atoms with Crippen LogP contribution in [0.3, 0.4) is 0 Å². The van der Waals surface area contributed by atoms with Crippen LogP contribution >= 0.6 is 11.6 Å². The number of phenols is 1. The Morgan fingerprint density at radius 1 is 1.24 bits per heavy atom. The first-order valence-corrected chi connectivity index (χ1v) is 7.90. The van der Waals surface area contributed by atoms with Crippen molar-refractivity contribution in [2.75, 3.05) is 0 Å². The fraction of sp³-hybridized carbons (Fsp3) is 0.176. The Morgan fingerprint density at radius 3 is 2.68 bits per heavy atom. The second kappa shape index (κ2) is 6.52. The maximum absolute atomic E-state index is 11.1. The number of carboxylic acids is 1. The molecule has 0 amide bonds. The predicted octanol–water partition coefficient (Wildman–Crippen LogP) is 4.93. The third kappa shape index (κ3) is 3.32. The molecule has 25 heavy (non-hydrogen) atoms. The first kappa shape index (κ1) is 16.9. The van der Waals surface area contributed by atoms with Crippen LogP contribution in [-0.4, -0.2) is 25.6 Å². The molecular formula is C17H15ClN4O3. The quantitative estimate of drug-likeness (QED) is 0.646.